The number of carbonyl (C=O) groups is 1. The number of carbonyl (C=O) groups excluding carboxylic acids is 1. The molecule has 0 aromatic carbocycles. The van der Waals surface area contributed by atoms with Gasteiger partial charge in [-0.05, 0) is 12.8 Å². The van der Waals surface area contributed by atoms with Crippen molar-refractivity contribution in [3.8, 4) is 0 Å². The van der Waals surface area contributed by atoms with Crippen molar-refractivity contribution in [1.29, 1.82) is 0 Å². The van der Waals surface area contributed by atoms with Gasteiger partial charge in [-0.25, -0.2) is 8.78 Å². The largest absolute Gasteiger partial charge is 0.299 e. The number of rotatable bonds is 8. The van der Waals surface area contributed by atoms with Crippen LogP contribution in [0.1, 0.15) is 52.4 Å². The lowest BCUT2D eigenvalue weighted by atomic mass is 10.0. The van der Waals surface area contributed by atoms with Crippen LogP contribution in [0.25, 0.3) is 0 Å². The summed E-state index contributed by atoms with van der Waals surface area (Å²) in [6.45, 7) is 3.73. The Hall–Kier alpha value is -0.470. The Bertz CT molecular complexity index is 143. The number of ketones is 1. The van der Waals surface area contributed by atoms with E-state index in [2.05, 4.69) is 0 Å². The van der Waals surface area contributed by atoms with E-state index in [1.54, 1.807) is 0 Å². The van der Waals surface area contributed by atoms with Crippen molar-refractivity contribution in [2.45, 2.75) is 64.7 Å². The van der Waals surface area contributed by atoms with E-state index in [0.29, 0.717) is 12.8 Å². The molecule has 0 aliphatic rings. The predicted molar refractivity (Wildman–Crippen MR) is 53.8 cm³/mol. The molecule has 2 atom stereocenters. The smallest absolute Gasteiger partial charge is 0.138 e. The van der Waals surface area contributed by atoms with Crippen LogP contribution in [0.3, 0.4) is 0 Å². The van der Waals surface area contributed by atoms with Gasteiger partial charge in [0.25, 0.3) is 0 Å². The van der Waals surface area contributed by atoms with Gasteiger partial charge < -0.3 is 0 Å². The summed E-state index contributed by atoms with van der Waals surface area (Å²) in [7, 11) is 0. The predicted octanol–water partition coefficient (Wildman–Crippen LogP) is 3.61. The zero-order valence-corrected chi connectivity index (χ0v) is 9.06. The molecule has 0 N–H and O–H groups in total. The average Bonchev–Trinajstić information content (AvgIpc) is 2.03. The summed E-state index contributed by atoms with van der Waals surface area (Å²) in [6.07, 6.45) is -0.143. The highest BCUT2D eigenvalue weighted by molar-refractivity contribution is 5.79. The van der Waals surface area contributed by atoms with Gasteiger partial charge in [0.2, 0.25) is 0 Å². The minimum absolute atomic E-state index is 0.113. The van der Waals surface area contributed by atoms with Crippen molar-refractivity contribution in [2.24, 2.45) is 0 Å². The van der Waals surface area contributed by atoms with E-state index in [1.807, 2.05) is 13.8 Å². The minimum Gasteiger partial charge on any atom is -0.299 e. The van der Waals surface area contributed by atoms with Crippen LogP contribution in [0.15, 0.2) is 0 Å². The van der Waals surface area contributed by atoms with Gasteiger partial charge >= 0.3 is 0 Å². The Morgan fingerprint density at radius 1 is 1.00 bits per heavy atom. The van der Waals surface area contributed by atoms with Crippen LogP contribution in [-0.2, 0) is 4.79 Å². The van der Waals surface area contributed by atoms with Gasteiger partial charge in [0.1, 0.15) is 18.1 Å². The van der Waals surface area contributed by atoms with E-state index in [4.69, 9.17) is 0 Å². The van der Waals surface area contributed by atoms with Crippen LogP contribution in [0, 0.1) is 0 Å². The molecule has 0 aromatic heterocycles. The second kappa shape index (κ2) is 7.89. The van der Waals surface area contributed by atoms with Crippen LogP contribution in [0.5, 0.6) is 0 Å². The van der Waals surface area contributed by atoms with Crippen molar-refractivity contribution in [2.75, 3.05) is 0 Å². The molecular weight excluding hydrogens is 186 g/mol. The summed E-state index contributed by atoms with van der Waals surface area (Å²) in [5.74, 6) is -0.285. The molecule has 2 unspecified atom stereocenters. The number of hydrogen-bond donors (Lipinski definition) is 0. The van der Waals surface area contributed by atoms with E-state index in [0.717, 1.165) is 12.8 Å². The number of alkyl halides is 2. The Morgan fingerprint density at radius 2 is 1.36 bits per heavy atom. The third-order valence-electron chi connectivity index (χ3n) is 2.10. The molecule has 0 saturated carbocycles. The first kappa shape index (κ1) is 13.5. The Kier molecular flexibility index (Phi) is 7.63. The summed E-state index contributed by atoms with van der Waals surface area (Å²) in [4.78, 5) is 11.1. The van der Waals surface area contributed by atoms with Gasteiger partial charge in [-0.2, -0.15) is 0 Å². The van der Waals surface area contributed by atoms with E-state index in [-0.39, 0.29) is 18.6 Å². The number of halogens is 2. The molecule has 0 aromatic rings. The van der Waals surface area contributed by atoms with Gasteiger partial charge in [-0.3, -0.25) is 4.79 Å². The summed E-state index contributed by atoms with van der Waals surface area (Å²) < 4.78 is 25.9. The zero-order chi connectivity index (χ0) is 11.0. The molecule has 0 saturated heterocycles. The minimum atomic E-state index is -1.08. The van der Waals surface area contributed by atoms with Crippen molar-refractivity contribution < 1.29 is 13.6 Å². The topological polar surface area (TPSA) is 17.1 Å². The second-order valence-electron chi connectivity index (χ2n) is 3.72. The van der Waals surface area contributed by atoms with Crippen LogP contribution < -0.4 is 0 Å². The van der Waals surface area contributed by atoms with Gasteiger partial charge in [0.15, 0.2) is 0 Å². The maximum absolute atomic E-state index is 12.9. The average molecular weight is 206 g/mol. The third kappa shape index (κ3) is 6.98. The summed E-state index contributed by atoms with van der Waals surface area (Å²) >= 11 is 0. The van der Waals surface area contributed by atoms with Crippen molar-refractivity contribution in [3.63, 3.8) is 0 Å². The van der Waals surface area contributed by atoms with Crippen LogP contribution in [-0.4, -0.2) is 18.1 Å². The molecule has 0 aliphatic heterocycles. The molecule has 84 valence electrons. The van der Waals surface area contributed by atoms with Crippen molar-refractivity contribution in [1.82, 2.24) is 0 Å². The quantitative estimate of drug-likeness (QED) is 0.593. The maximum atomic E-state index is 12.9. The first-order chi connectivity index (χ1) is 6.60. The normalized spacial score (nSPS) is 15.1. The third-order valence-corrected chi connectivity index (χ3v) is 2.10. The van der Waals surface area contributed by atoms with Crippen molar-refractivity contribution in [3.05, 3.63) is 0 Å². The van der Waals surface area contributed by atoms with E-state index in [9.17, 15) is 13.6 Å². The van der Waals surface area contributed by atoms with Crippen LogP contribution >= 0.6 is 0 Å². The van der Waals surface area contributed by atoms with E-state index >= 15 is 0 Å². The summed E-state index contributed by atoms with van der Waals surface area (Å²) in [5.41, 5.74) is 0. The standard InChI is InChI=1S/C11H20F2O/c1-3-5-9(12)7-11(14)8-10(13)6-4-2/h9-10H,3-8H2,1-2H3. The van der Waals surface area contributed by atoms with E-state index < -0.39 is 12.3 Å². The molecular formula is C11H20F2O. The monoisotopic (exact) mass is 206 g/mol. The molecule has 3 heteroatoms. The molecule has 0 amide bonds. The highest BCUT2D eigenvalue weighted by Crippen LogP contribution is 2.12. The zero-order valence-electron chi connectivity index (χ0n) is 9.06. The fraction of sp³-hybridized carbons (Fsp3) is 0.909. The molecule has 14 heavy (non-hydrogen) atoms. The lowest BCUT2D eigenvalue weighted by Crippen LogP contribution is -2.14. The SMILES string of the molecule is CCCC(F)CC(=O)CC(F)CCC. The highest BCUT2D eigenvalue weighted by atomic mass is 19.1. The molecule has 0 fully saturated rings. The van der Waals surface area contributed by atoms with Gasteiger partial charge in [-0.15, -0.1) is 0 Å². The van der Waals surface area contributed by atoms with Crippen molar-refractivity contribution >= 4 is 5.78 Å². The first-order valence-electron chi connectivity index (χ1n) is 5.39. The molecule has 0 radical (unpaired) electrons. The summed E-state index contributed by atoms with van der Waals surface area (Å²) in [6, 6.07) is 0. The molecule has 0 heterocycles. The summed E-state index contributed by atoms with van der Waals surface area (Å²) in [5, 5.41) is 0. The molecule has 0 aliphatic carbocycles. The number of Topliss-reactive ketones (excluding diaryl/α,β-unsaturated/α-hetero) is 1. The van der Waals surface area contributed by atoms with Crippen LogP contribution in [0.4, 0.5) is 8.78 Å². The molecule has 0 spiro atoms. The Morgan fingerprint density at radius 3 is 1.64 bits per heavy atom. The second-order valence-corrected chi connectivity index (χ2v) is 3.72. The molecule has 1 nitrogen and oxygen atoms in total. The molecule has 0 bridgehead atoms. The Balaban J connectivity index is 3.63. The lowest BCUT2D eigenvalue weighted by Gasteiger charge is -2.08. The van der Waals surface area contributed by atoms with Crippen LogP contribution in [0.2, 0.25) is 0 Å². The van der Waals surface area contributed by atoms with Gasteiger partial charge in [-0.1, -0.05) is 26.7 Å². The molecule has 0 rings (SSSR count). The van der Waals surface area contributed by atoms with Gasteiger partial charge in [0, 0.05) is 12.8 Å². The lowest BCUT2D eigenvalue weighted by molar-refractivity contribution is -0.121. The fourth-order valence-corrected chi connectivity index (χ4v) is 1.41. The fourth-order valence-electron chi connectivity index (χ4n) is 1.41. The number of hydrogen-bond acceptors (Lipinski definition) is 1. The van der Waals surface area contributed by atoms with Gasteiger partial charge in [0.05, 0.1) is 0 Å². The van der Waals surface area contributed by atoms with E-state index in [1.165, 1.54) is 0 Å². The first-order valence-corrected chi connectivity index (χ1v) is 5.39. The Labute approximate surface area is 84.9 Å². The highest BCUT2D eigenvalue weighted by Gasteiger charge is 2.16. The maximum Gasteiger partial charge on any atom is 0.138 e.